The molecule has 2 heterocycles. The van der Waals surface area contributed by atoms with Gasteiger partial charge in [-0.1, -0.05) is 0 Å². The molecule has 8 nitrogen and oxygen atoms in total. The second-order valence-electron chi connectivity index (χ2n) is 7.31. The van der Waals surface area contributed by atoms with Gasteiger partial charge < -0.3 is 10.5 Å². The molecule has 0 bridgehead atoms. The molecule has 1 saturated heterocycles. The van der Waals surface area contributed by atoms with E-state index in [2.05, 4.69) is 5.32 Å². The van der Waals surface area contributed by atoms with Crippen LogP contribution in [0.2, 0.25) is 0 Å². The summed E-state index contributed by atoms with van der Waals surface area (Å²) < 4.78 is 5.97. The number of ether oxygens (including phenoxy) is 1. The van der Waals surface area contributed by atoms with Crippen molar-refractivity contribution in [2.75, 3.05) is 0 Å². The Kier molecular flexibility index (Phi) is 4.43. The average molecular weight is 371 g/mol. The number of benzene rings is 1. The molecule has 8 heteroatoms. The summed E-state index contributed by atoms with van der Waals surface area (Å²) in [5, 5.41) is 2.18. The van der Waals surface area contributed by atoms with E-state index in [4.69, 9.17) is 10.5 Å². The highest BCUT2D eigenvalue weighted by Gasteiger charge is 2.44. The fourth-order valence-electron chi connectivity index (χ4n) is 3.92. The van der Waals surface area contributed by atoms with Gasteiger partial charge in [0.15, 0.2) is 0 Å². The molecular formula is C19H21N3O5. The van der Waals surface area contributed by atoms with Crippen LogP contribution in [0.3, 0.4) is 0 Å². The first-order valence-corrected chi connectivity index (χ1v) is 9.22. The number of carbonyl (C=O) groups excluding carboxylic acids is 4. The average Bonchev–Trinajstić information content (AvgIpc) is 2.88. The highest BCUT2D eigenvalue weighted by atomic mass is 16.5. The number of hydrogen-bond acceptors (Lipinski definition) is 6. The fourth-order valence-corrected chi connectivity index (χ4v) is 3.92. The van der Waals surface area contributed by atoms with Crippen LogP contribution < -0.4 is 15.8 Å². The number of nitrogens with two attached hydrogens (primary N) is 1. The molecule has 2 aliphatic heterocycles. The highest BCUT2D eigenvalue weighted by Crippen LogP contribution is 2.31. The minimum Gasteiger partial charge on any atom is -0.490 e. The van der Waals surface area contributed by atoms with Gasteiger partial charge in [-0.05, 0) is 50.3 Å². The van der Waals surface area contributed by atoms with Gasteiger partial charge in [-0.25, -0.2) is 0 Å². The van der Waals surface area contributed by atoms with Gasteiger partial charge >= 0.3 is 0 Å². The second-order valence-corrected chi connectivity index (χ2v) is 7.31. The van der Waals surface area contributed by atoms with E-state index in [0.29, 0.717) is 5.75 Å². The van der Waals surface area contributed by atoms with Crippen molar-refractivity contribution in [1.29, 1.82) is 0 Å². The number of piperidine rings is 1. The van der Waals surface area contributed by atoms with Crippen molar-refractivity contribution >= 4 is 23.6 Å². The SMILES string of the molecule is NC1CCC(Oc2ccc3c(c2)C(=O)N(C2CCC(=O)NC2=O)C3=O)CC1. The lowest BCUT2D eigenvalue weighted by Crippen LogP contribution is -2.54. The molecule has 1 aliphatic carbocycles. The maximum atomic E-state index is 12.8. The molecule has 1 aromatic rings. The van der Waals surface area contributed by atoms with E-state index in [1.54, 1.807) is 18.2 Å². The van der Waals surface area contributed by atoms with Gasteiger partial charge in [0.2, 0.25) is 11.8 Å². The normalized spacial score (nSPS) is 28.2. The fraction of sp³-hybridized carbons (Fsp3) is 0.474. The van der Waals surface area contributed by atoms with Crippen molar-refractivity contribution < 1.29 is 23.9 Å². The quantitative estimate of drug-likeness (QED) is 0.757. The molecule has 1 aromatic carbocycles. The third-order valence-electron chi connectivity index (χ3n) is 5.43. The van der Waals surface area contributed by atoms with E-state index >= 15 is 0 Å². The van der Waals surface area contributed by atoms with Gasteiger partial charge in [0.1, 0.15) is 11.8 Å². The Morgan fingerprint density at radius 1 is 0.963 bits per heavy atom. The van der Waals surface area contributed by atoms with Crippen molar-refractivity contribution in [2.24, 2.45) is 5.73 Å². The Morgan fingerprint density at radius 2 is 1.67 bits per heavy atom. The van der Waals surface area contributed by atoms with E-state index in [0.717, 1.165) is 30.6 Å². The molecule has 1 saturated carbocycles. The number of amides is 4. The summed E-state index contributed by atoms with van der Waals surface area (Å²) >= 11 is 0. The Morgan fingerprint density at radius 3 is 2.37 bits per heavy atom. The monoisotopic (exact) mass is 371 g/mol. The van der Waals surface area contributed by atoms with E-state index < -0.39 is 29.7 Å². The largest absolute Gasteiger partial charge is 0.490 e. The predicted molar refractivity (Wildman–Crippen MR) is 94.0 cm³/mol. The van der Waals surface area contributed by atoms with Crippen LogP contribution in [0.1, 0.15) is 59.2 Å². The lowest BCUT2D eigenvalue weighted by atomic mass is 9.94. The molecule has 2 fully saturated rings. The highest BCUT2D eigenvalue weighted by molar-refractivity contribution is 6.23. The molecule has 0 radical (unpaired) electrons. The van der Waals surface area contributed by atoms with E-state index in [-0.39, 0.29) is 36.1 Å². The first-order chi connectivity index (χ1) is 12.9. The van der Waals surface area contributed by atoms with Gasteiger partial charge in [-0.3, -0.25) is 29.4 Å². The van der Waals surface area contributed by atoms with Gasteiger partial charge in [0.25, 0.3) is 11.8 Å². The van der Waals surface area contributed by atoms with Crippen LogP contribution in [0.4, 0.5) is 0 Å². The summed E-state index contributed by atoms with van der Waals surface area (Å²) in [6, 6.07) is 4.05. The van der Waals surface area contributed by atoms with E-state index in [9.17, 15) is 19.2 Å². The summed E-state index contributed by atoms with van der Waals surface area (Å²) in [5.74, 6) is -1.52. The molecule has 142 valence electrons. The Balaban J connectivity index is 1.53. The van der Waals surface area contributed by atoms with Gasteiger partial charge in [-0.15, -0.1) is 0 Å². The standard InChI is InChI=1S/C19H21N3O5/c20-10-1-3-11(4-2-10)27-12-5-6-13-14(9-12)19(26)22(18(13)25)15-7-8-16(23)21-17(15)24/h5-6,9-11,15H,1-4,7-8,20H2,(H,21,23,24). The summed E-state index contributed by atoms with van der Waals surface area (Å²) in [6.07, 6.45) is 3.79. The maximum Gasteiger partial charge on any atom is 0.262 e. The number of hydrogen-bond donors (Lipinski definition) is 2. The summed E-state index contributed by atoms with van der Waals surface area (Å²) in [7, 11) is 0. The van der Waals surface area contributed by atoms with Crippen LogP contribution in [-0.2, 0) is 9.59 Å². The topological polar surface area (TPSA) is 119 Å². The minimum atomic E-state index is -0.959. The zero-order chi connectivity index (χ0) is 19.1. The molecule has 0 aromatic heterocycles. The maximum absolute atomic E-state index is 12.8. The van der Waals surface area contributed by atoms with Gasteiger partial charge in [-0.2, -0.15) is 0 Å². The molecule has 1 unspecified atom stereocenters. The zero-order valence-corrected chi connectivity index (χ0v) is 14.8. The smallest absolute Gasteiger partial charge is 0.262 e. The number of fused-ring (bicyclic) bond motifs is 1. The van der Waals surface area contributed by atoms with Crippen molar-refractivity contribution in [3.05, 3.63) is 29.3 Å². The summed E-state index contributed by atoms with van der Waals surface area (Å²) in [4.78, 5) is 49.8. The van der Waals surface area contributed by atoms with Gasteiger partial charge in [0.05, 0.1) is 17.2 Å². The Bertz CT molecular complexity index is 829. The Hall–Kier alpha value is -2.74. The summed E-state index contributed by atoms with van der Waals surface area (Å²) in [6.45, 7) is 0. The minimum absolute atomic E-state index is 0.0429. The number of carbonyl (C=O) groups is 4. The first kappa shape index (κ1) is 17.7. The number of rotatable bonds is 3. The number of imide groups is 2. The van der Waals surface area contributed by atoms with Crippen LogP contribution in [0.15, 0.2) is 18.2 Å². The van der Waals surface area contributed by atoms with E-state index in [1.165, 1.54) is 0 Å². The number of nitrogens with zero attached hydrogens (tertiary/aromatic N) is 1. The van der Waals surface area contributed by atoms with Crippen LogP contribution in [0.25, 0.3) is 0 Å². The summed E-state index contributed by atoms with van der Waals surface area (Å²) in [5.41, 5.74) is 6.39. The third-order valence-corrected chi connectivity index (χ3v) is 5.43. The molecule has 3 N–H and O–H groups in total. The van der Waals surface area contributed by atoms with E-state index in [1.807, 2.05) is 0 Å². The first-order valence-electron chi connectivity index (χ1n) is 9.22. The van der Waals surface area contributed by atoms with Crippen molar-refractivity contribution in [3.63, 3.8) is 0 Å². The predicted octanol–water partition coefficient (Wildman–Crippen LogP) is 0.736. The molecule has 1 atom stereocenters. The lowest BCUT2D eigenvalue weighted by Gasteiger charge is -2.27. The molecule has 27 heavy (non-hydrogen) atoms. The molecule has 3 aliphatic rings. The van der Waals surface area contributed by atoms with Crippen LogP contribution >= 0.6 is 0 Å². The van der Waals surface area contributed by atoms with Crippen molar-refractivity contribution in [2.45, 2.75) is 56.7 Å². The lowest BCUT2D eigenvalue weighted by molar-refractivity contribution is -0.136. The Labute approximate surface area is 156 Å². The van der Waals surface area contributed by atoms with Crippen LogP contribution in [-0.4, -0.2) is 46.7 Å². The van der Waals surface area contributed by atoms with Crippen molar-refractivity contribution in [1.82, 2.24) is 10.2 Å². The van der Waals surface area contributed by atoms with Crippen LogP contribution in [0.5, 0.6) is 5.75 Å². The third kappa shape index (κ3) is 3.21. The number of nitrogens with one attached hydrogen (secondary N) is 1. The van der Waals surface area contributed by atoms with Crippen LogP contribution in [0, 0.1) is 0 Å². The van der Waals surface area contributed by atoms with Crippen molar-refractivity contribution in [3.8, 4) is 5.75 Å². The molecular weight excluding hydrogens is 350 g/mol. The molecule has 4 amide bonds. The molecule has 4 rings (SSSR count). The second kappa shape index (κ2) is 6.77. The van der Waals surface area contributed by atoms with Gasteiger partial charge in [0, 0.05) is 12.5 Å². The molecule has 0 spiro atoms. The zero-order valence-electron chi connectivity index (χ0n) is 14.8.